The highest BCUT2D eigenvalue weighted by atomic mass is 19.2. The minimum Gasteiger partial charge on any atom is -0.482 e. The van der Waals surface area contributed by atoms with Crippen LogP contribution in [0.4, 0.5) is 8.78 Å². The van der Waals surface area contributed by atoms with Crippen molar-refractivity contribution in [1.29, 1.82) is 0 Å². The van der Waals surface area contributed by atoms with E-state index >= 15 is 0 Å². The van der Waals surface area contributed by atoms with Crippen LogP contribution in [0.1, 0.15) is 11.1 Å². The van der Waals surface area contributed by atoms with Crippen molar-refractivity contribution in [3.63, 3.8) is 0 Å². The SMILES string of the molecule is COC(=O)COc1ccc(COc2ncccc2-c2nc3cc(F)c(F)cc3n2Cc2ccccc2)cc1. The van der Waals surface area contributed by atoms with Crippen LogP contribution >= 0.6 is 0 Å². The Morgan fingerprint density at radius 3 is 2.42 bits per heavy atom. The first-order valence-corrected chi connectivity index (χ1v) is 11.8. The van der Waals surface area contributed by atoms with E-state index in [1.807, 2.05) is 53.1 Å². The molecular formula is C29H23F2N3O4. The number of methoxy groups -OCH3 is 1. The highest BCUT2D eigenvalue weighted by Crippen LogP contribution is 2.32. The summed E-state index contributed by atoms with van der Waals surface area (Å²) < 4.78 is 46.1. The summed E-state index contributed by atoms with van der Waals surface area (Å²) in [5.74, 6) is -1.06. The van der Waals surface area contributed by atoms with Crippen LogP contribution in [0, 0.1) is 11.6 Å². The van der Waals surface area contributed by atoms with Gasteiger partial charge in [0.15, 0.2) is 18.2 Å². The molecule has 0 amide bonds. The molecule has 192 valence electrons. The van der Waals surface area contributed by atoms with E-state index in [4.69, 9.17) is 9.47 Å². The molecule has 0 fully saturated rings. The van der Waals surface area contributed by atoms with Crippen LogP contribution in [0.2, 0.25) is 0 Å². The molecule has 2 heterocycles. The van der Waals surface area contributed by atoms with Crippen LogP contribution in [-0.4, -0.2) is 34.2 Å². The topological polar surface area (TPSA) is 75.5 Å². The number of carbonyl (C=O) groups excluding carboxylic acids is 1. The van der Waals surface area contributed by atoms with Gasteiger partial charge in [-0.3, -0.25) is 0 Å². The Balaban J connectivity index is 1.44. The molecule has 7 nitrogen and oxygen atoms in total. The van der Waals surface area contributed by atoms with Crippen LogP contribution in [0.3, 0.4) is 0 Å². The van der Waals surface area contributed by atoms with Crippen molar-refractivity contribution in [2.45, 2.75) is 13.2 Å². The fourth-order valence-electron chi connectivity index (χ4n) is 3.96. The monoisotopic (exact) mass is 515 g/mol. The van der Waals surface area contributed by atoms with Gasteiger partial charge >= 0.3 is 5.97 Å². The molecule has 0 aliphatic heterocycles. The first kappa shape index (κ1) is 24.9. The first-order valence-electron chi connectivity index (χ1n) is 11.8. The number of nitrogens with zero attached hydrogens (tertiary/aromatic N) is 3. The maximum atomic E-state index is 14.2. The van der Waals surface area contributed by atoms with E-state index in [-0.39, 0.29) is 13.2 Å². The maximum Gasteiger partial charge on any atom is 0.343 e. The fraction of sp³-hybridized carbons (Fsp3) is 0.138. The van der Waals surface area contributed by atoms with Crippen LogP contribution < -0.4 is 9.47 Å². The Morgan fingerprint density at radius 2 is 1.66 bits per heavy atom. The number of carbonyl (C=O) groups is 1. The molecular weight excluding hydrogens is 492 g/mol. The number of ether oxygens (including phenoxy) is 3. The van der Waals surface area contributed by atoms with Crippen molar-refractivity contribution in [1.82, 2.24) is 14.5 Å². The number of fused-ring (bicyclic) bond motifs is 1. The number of hydrogen-bond acceptors (Lipinski definition) is 6. The molecule has 0 N–H and O–H groups in total. The van der Waals surface area contributed by atoms with E-state index in [1.54, 1.807) is 24.4 Å². The van der Waals surface area contributed by atoms with E-state index in [0.717, 1.165) is 23.3 Å². The van der Waals surface area contributed by atoms with Crippen LogP contribution in [-0.2, 0) is 22.7 Å². The van der Waals surface area contributed by atoms with Crippen LogP contribution in [0.15, 0.2) is 85.1 Å². The van der Waals surface area contributed by atoms with Gasteiger partial charge in [0.1, 0.15) is 18.2 Å². The average molecular weight is 516 g/mol. The second-order valence-electron chi connectivity index (χ2n) is 8.42. The third-order valence-corrected chi connectivity index (χ3v) is 5.87. The molecule has 0 spiro atoms. The van der Waals surface area contributed by atoms with Crippen LogP contribution in [0.5, 0.6) is 11.6 Å². The summed E-state index contributed by atoms with van der Waals surface area (Å²) in [5.41, 5.74) is 3.18. The molecule has 38 heavy (non-hydrogen) atoms. The number of pyridine rings is 1. The molecule has 0 unspecified atom stereocenters. The zero-order chi connectivity index (χ0) is 26.5. The second-order valence-corrected chi connectivity index (χ2v) is 8.42. The molecule has 0 bridgehead atoms. The van der Waals surface area contributed by atoms with Crippen LogP contribution in [0.25, 0.3) is 22.4 Å². The molecule has 3 aromatic carbocycles. The Kier molecular flexibility index (Phi) is 7.26. The number of hydrogen-bond donors (Lipinski definition) is 0. The van der Waals surface area contributed by atoms with Gasteiger partial charge in [0, 0.05) is 24.9 Å². The summed E-state index contributed by atoms with van der Waals surface area (Å²) in [6.07, 6.45) is 1.60. The van der Waals surface area contributed by atoms with Crippen molar-refractivity contribution in [3.05, 3.63) is 108 Å². The van der Waals surface area contributed by atoms with Crippen molar-refractivity contribution in [2.75, 3.05) is 13.7 Å². The second kappa shape index (κ2) is 11.1. The van der Waals surface area contributed by atoms with Crippen molar-refractivity contribution in [3.8, 4) is 23.0 Å². The third-order valence-electron chi connectivity index (χ3n) is 5.87. The summed E-state index contributed by atoms with van der Waals surface area (Å²) in [6.45, 7) is 0.407. The molecule has 0 atom stereocenters. The molecule has 0 radical (unpaired) electrons. The summed E-state index contributed by atoms with van der Waals surface area (Å²) in [6, 6.07) is 22.5. The van der Waals surface area contributed by atoms with Crippen molar-refractivity contribution < 1.29 is 27.8 Å². The lowest BCUT2D eigenvalue weighted by Crippen LogP contribution is -2.12. The Morgan fingerprint density at radius 1 is 0.895 bits per heavy atom. The standard InChI is InChI=1S/C29H23F2N3O4/c1-36-27(35)18-37-21-11-9-20(10-12-21)17-38-29-22(8-5-13-32-29)28-33-25-14-23(30)24(31)15-26(25)34(28)16-19-6-3-2-4-7-19/h2-15H,16-18H2,1H3. The van der Waals surface area contributed by atoms with Gasteiger partial charge < -0.3 is 18.8 Å². The molecule has 2 aromatic heterocycles. The largest absolute Gasteiger partial charge is 0.482 e. The van der Waals surface area contributed by atoms with E-state index in [2.05, 4.69) is 14.7 Å². The molecule has 0 aliphatic rings. The quantitative estimate of drug-likeness (QED) is 0.240. The third kappa shape index (κ3) is 5.46. The van der Waals surface area contributed by atoms with Gasteiger partial charge in [0.2, 0.25) is 5.88 Å². The predicted octanol–water partition coefficient (Wildman–Crippen LogP) is 5.56. The fourth-order valence-corrected chi connectivity index (χ4v) is 3.96. The zero-order valence-electron chi connectivity index (χ0n) is 20.4. The van der Waals surface area contributed by atoms with Gasteiger partial charge in [-0.15, -0.1) is 0 Å². The lowest BCUT2D eigenvalue weighted by atomic mass is 10.2. The molecule has 0 aliphatic carbocycles. The number of benzene rings is 3. The number of rotatable bonds is 9. The van der Waals surface area contributed by atoms with Crippen molar-refractivity contribution in [2.24, 2.45) is 0 Å². The molecule has 0 saturated carbocycles. The summed E-state index contributed by atoms with van der Waals surface area (Å²) in [4.78, 5) is 20.3. The molecule has 0 saturated heterocycles. The highest BCUT2D eigenvalue weighted by molar-refractivity contribution is 5.82. The Bertz CT molecular complexity index is 1570. The minimum atomic E-state index is -0.963. The van der Waals surface area contributed by atoms with Gasteiger partial charge in [0.05, 0.1) is 23.7 Å². The number of aromatic nitrogens is 3. The average Bonchev–Trinajstić information content (AvgIpc) is 3.28. The summed E-state index contributed by atoms with van der Waals surface area (Å²) in [7, 11) is 1.30. The van der Waals surface area contributed by atoms with Crippen molar-refractivity contribution >= 4 is 17.0 Å². The molecule has 9 heteroatoms. The maximum absolute atomic E-state index is 14.2. The number of halogens is 2. The smallest absolute Gasteiger partial charge is 0.343 e. The number of imidazole rings is 1. The van der Waals surface area contributed by atoms with E-state index in [1.165, 1.54) is 7.11 Å². The van der Waals surface area contributed by atoms with Gasteiger partial charge in [0.25, 0.3) is 0 Å². The Hall–Kier alpha value is -4.79. The summed E-state index contributed by atoms with van der Waals surface area (Å²) >= 11 is 0. The number of esters is 1. The van der Waals surface area contributed by atoms with E-state index < -0.39 is 17.6 Å². The highest BCUT2D eigenvalue weighted by Gasteiger charge is 2.19. The van der Waals surface area contributed by atoms with Gasteiger partial charge in [-0.1, -0.05) is 42.5 Å². The van der Waals surface area contributed by atoms with Gasteiger partial charge in [-0.05, 0) is 35.4 Å². The predicted molar refractivity (Wildman–Crippen MR) is 137 cm³/mol. The van der Waals surface area contributed by atoms with Gasteiger partial charge in [-0.25, -0.2) is 23.5 Å². The molecule has 5 rings (SSSR count). The Labute approximate surface area is 217 Å². The lowest BCUT2D eigenvalue weighted by Gasteiger charge is -2.13. The molecule has 5 aromatic rings. The van der Waals surface area contributed by atoms with Gasteiger partial charge in [-0.2, -0.15) is 0 Å². The van der Waals surface area contributed by atoms with E-state index in [0.29, 0.717) is 40.6 Å². The normalized spacial score (nSPS) is 10.9. The minimum absolute atomic E-state index is 0.179. The van der Waals surface area contributed by atoms with E-state index in [9.17, 15) is 13.6 Å². The summed E-state index contributed by atoms with van der Waals surface area (Å²) in [5, 5.41) is 0. The lowest BCUT2D eigenvalue weighted by molar-refractivity contribution is -0.142. The first-order chi connectivity index (χ1) is 18.5. The zero-order valence-corrected chi connectivity index (χ0v) is 20.4.